The van der Waals surface area contributed by atoms with Gasteiger partial charge in [0.2, 0.25) is 0 Å². The summed E-state index contributed by atoms with van der Waals surface area (Å²) >= 11 is 3.44. The van der Waals surface area contributed by atoms with Crippen LogP contribution in [-0.4, -0.2) is 9.44 Å². The van der Waals surface area contributed by atoms with Crippen molar-refractivity contribution in [3.05, 3.63) is 33.9 Å². The largest absolute Gasteiger partial charge is 0.392 e. The molecule has 0 amide bonds. The van der Waals surface area contributed by atoms with Crippen molar-refractivity contribution in [1.82, 2.24) is 4.34 Å². The van der Waals surface area contributed by atoms with Crippen molar-refractivity contribution in [2.24, 2.45) is 0 Å². The van der Waals surface area contributed by atoms with Crippen molar-refractivity contribution in [3.63, 3.8) is 0 Å². The van der Waals surface area contributed by atoms with Crippen LogP contribution in [0.15, 0.2) is 22.8 Å². The summed E-state index contributed by atoms with van der Waals surface area (Å²) in [5.41, 5.74) is 3.30. The number of hydrogen-bond donors (Lipinski definition) is 1. The molecule has 0 saturated heterocycles. The fraction of sp³-hybridized carbons (Fsp3) is 0.200. The van der Waals surface area contributed by atoms with Gasteiger partial charge in [0.15, 0.2) is 0 Å². The fourth-order valence-electron chi connectivity index (χ4n) is 1.61. The van der Waals surface area contributed by atoms with E-state index in [0.717, 1.165) is 15.6 Å². The van der Waals surface area contributed by atoms with Crippen LogP contribution in [0.5, 0.6) is 0 Å². The molecule has 1 atom stereocenters. The van der Waals surface area contributed by atoms with E-state index < -0.39 is 0 Å². The standard InChI is InChI=1S/C10H11BrNOP/c1-6-4-12(14)10-3-9(11)7(5-13)2-8(6)10/h2-4,13H,5,14H2,1H3. The van der Waals surface area contributed by atoms with Gasteiger partial charge in [-0.2, -0.15) is 0 Å². The van der Waals surface area contributed by atoms with E-state index in [0.29, 0.717) is 0 Å². The molecule has 0 fully saturated rings. The van der Waals surface area contributed by atoms with Crippen LogP contribution in [0.2, 0.25) is 0 Å². The molecule has 0 aliphatic rings. The summed E-state index contributed by atoms with van der Waals surface area (Å²) in [4.78, 5) is 0. The van der Waals surface area contributed by atoms with Gasteiger partial charge in [0.1, 0.15) is 0 Å². The van der Waals surface area contributed by atoms with Gasteiger partial charge >= 0.3 is 0 Å². The van der Waals surface area contributed by atoms with Crippen LogP contribution in [0.25, 0.3) is 10.9 Å². The van der Waals surface area contributed by atoms with Gasteiger partial charge in [-0.05, 0) is 39.6 Å². The van der Waals surface area contributed by atoms with Gasteiger partial charge < -0.3 is 9.44 Å². The number of fused-ring (bicyclic) bond motifs is 1. The zero-order valence-corrected chi connectivity index (χ0v) is 10.5. The van der Waals surface area contributed by atoms with E-state index in [-0.39, 0.29) is 6.61 Å². The Labute approximate surface area is 93.3 Å². The van der Waals surface area contributed by atoms with Crippen molar-refractivity contribution in [2.45, 2.75) is 13.5 Å². The molecular formula is C10H11BrNOP. The molecule has 0 aliphatic carbocycles. The topological polar surface area (TPSA) is 25.2 Å². The van der Waals surface area contributed by atoms with Crippen molar-refractivity contribution < 1.29 is 5.11 Å². The van der Waals surface area contributed by atoms with Gasteiger partial charge in [0.05, 0.1) is 12.1 Å². The molecule has 14 heavy (non-hydrogen) atoms. The van der Waals surface area contributed by atoms with Crippen LogP contribution < -0.4 is 0 Å². The molecule has 74 valence electrons. The molecule has 1 N–H and O–H groups in total. The maximum Gasteiger partial charge on any atom is 0.0693 e. The Bertz CT molecular complexity index is 492. The van der Waals surface area contributed by atoms with E-state index >= 15 is 0 Å². The zero-order valence-electron chi connectivity index (χ0n) is 7.79. The second kappa shape index (κ2) is 3.65. The van der Waals surface area contributed by atoms with Gasteiger partial charge in [-0.15, -0.1) is 0 Å². The monoisotopic (exact) mass is 271 g/mol. The van der Waals surface area contributed by atoms with Crippen LogP contribution >= 0.6 is 25.3 Å². The lowest BCUT2D eigenvalue weighted by Crippen LogP contribution is -1.86. The number of nitrogens with zero attached hydrogens (tertiary/aromatic N) is 1. The van der Waals surface area contributed by atoms with Crippen LogP contribution in [0, 0.1) is 6.92 Å². The van der Waals surface area contributed by atoms with E-state index in [9.17, 15) is 0 Å². The average Bonchev–Trinajstić information content (AvgIpc) is 2.41. The number of aryl methyl sites for hydroxylation is 1. The van der Waals surface area contributed by atoms with Crippen molar-refractivity contribution in [1.29, 1.82) is 0 Å². The minimum atomic E-state index is 0.0675. The molecule has 0 bridgehead atoms. The number of hydrogen-bond acceptors (Lipinski definition) is 1. The normalized spacial score (nSPS) is 11.1. The van der Waals surface area contributed by atoms with Crippen molar-refractivity contribution >= 4 is 36.2 Å². The van der Waals surface area contributed by atoms with E-state index in [1.54, 1.807) is 0 Å². The second-order valence-corrected chi connectivity index (χ2v) is 4.75. The van der Waals surface area contributed by atoms with E-state index in [4.69, 9.17) is 5.11 Å². The summed E-state index contributed by atoms with van der Waals surface area (Å²) in [6.07, 6.45) is 2.06. The zero-order chi connectivity index (χ0) is 10.3. The lowest BCUT2D eigenvalue weighted by molar-refractivity contribution is 0.281. The highest BCUT2D eigenvalue weighted by atomic mass is 79.9. The minimum absolute atomic E-state index is 0.0675. The van der Waals surface area contributed by atoms with Gasteiger partial charge in [-0.1, -0.05) is 15.9 Å². The number of benzene rings is 1. The Balaban J connectivity index is 2.82. The highest BCUT2D eigenvalue weighted by Gasteiger charge is 2.07. The first-order valence-electron chi connectivity index (χ1n) is 4.29. The Morgan fingerprint density at radius 3 is 2.86 bits per heavy atom. The number of aliphatic hydroxyl groups excluding tert-OH is 1. The minimum Gasteiger partial charge on any atom is -0.392 e. The first-order valence-corrected chi connectivity index (χ1v) is 5.60. The SMILES string of the molecule is Cc1cn(P)c2cc(Br)c(CO)cc12. The summed E-state index contributed by atoms with van der Waals surface area (Å²) in [5, 5.41) is 10.3. The summed E-state index contributed by atoms with van der Waals surface area (Å²) in [7, 11) is 2.65. The molecule has 2 aromatic rings. The number of rotatable bonds is 1. The molecule has 2 rings (SSSR count). The first-order chi connectivity index (χ1) is 6.63. The van der Waals surface area contributed by atoms with Crippen LogP contribution in [0.3, 0.4) is 0 Å². The molecule has 0 saturated carbocycles. The fourth-order valence-corrected chi connectivity index (χ4v) is 2.50. The molecule has 0 aliphatic heterocycles. The Kier molecular flexibility index (Phi) is 2.65. The molecule has 1 unspecified atom stereocenters. The molecule has 1 aromatic heterocycles. The third-order valence-electron chi connectivity index (χ3n) is 2.37. The predicted octanol–water partition coefficient (Wildman–Crippen LogP) is 2.84. The van der Waals surface area contributed by atoms with Gasteiger partial charge in [0.25, 0.3) is 0 Å². The third-order valence-corrected chi connectivity index (χ3v) is 3.54. The average molecular weight is 272 g/mol. The smallest absolute Gasteiger partial charge is 0.0693 e. The molecule has 4 heteroatoms. The summed E-state index contributed by atoms with van der Waals surface area (Å²) < 4.78 is 2.96. The van der Waals surface area contributed by atoms with Crippen LogP contribution in [0.4, 0.5) is 0 Å². The third kappa shape index (κ3) is 1.50. The molecular weight excluding hydrogens is 261 g/mol. The second-order valence-electron chi connectivity index (χ2n) is 3.34. The molecule has 0 spiro atoms. The lowest BCUT2D eigenvalue weighted by atomic mass is 10.1. The van der Waals surface area contributed by atoms with E-state index in [2.05, 4.69) is 38.4 Å². The van der Waals surface area contributed by atoms with Crippen molar-refractivity contribution in [2.75, 3.05) is 0 Å². The molecule has 0 radical (unpaired) electrons. The Morgan fingerprint density at radius 2 is 2.21 bits per heavy atom. The Morgan fingerprint density at radius 1 is 1.50 bits per heavy atom. The van der Waals surface area contributed by atoms with Gasteiger partial charge in [-0.3, -0.25) is 0 Å². The Hall–Kier alpha value is -0.370. The highest BCUT2D eigenvalue weighted by Crippen LogP contribution is 2.29. The summed E-state index contributed by atoms with van der Waals surface area (Å²) in [6, 6.07) is 4.05. The van der Waals surface area contributed by atoms with Crippen LogP contribution in [0.1, 0.15) is 11.1 Å². The summed E-state index contributed by atoms with van der Waals surface area (Å²) in [6.45, 7) is 2.13. The molecule has 1 aromatic carbocycles. The number of halogens is 1. The molecule has 1 heterocycles. The van der Waals surface area contributed by atoms with Gasteiger partial charge in [-0.25, -0.2) is 0 Å². The van der Waals surface area contributed by atoms with E-state index in [1.165, 1.54) is 10.9 Å². The summed E-state index contributed by atoms with van der Waals surface area (Å²) in [5.74, 6) is 0. The maximum absolute atomic E-state index is 9.13. The quantitative estimate of drug-likeness (QED) is 0.793. The highest BCUT2D eigenvalue weighted by molar-refractivity contribution is 9.10. The predicted molar refractivity (Wildman–Crippen MR) is 65.4 cm³/mol. The van der Waals surface area contributed by atoms with E-state index in [1.807, 2.05) is 16.5 Å². The molecule has 2 nitrogen and oxygen atoms in total. The maximum atomic E-state index is 9.13. The first kappa shape index (κ1) is 10.2. The lowest BCUT2D eigenvalue weighted by Gasteiger charge is -2.02. The van der Waals surface area contributed by atoms with Gasteiger partial charge in [0, 0.05) is 16.1 Å². The van der Waals surface area contributed by atoms with Crippen molar-refractivity contribution in [3.8, 4) is 0 Å². The number of aliphatic hydroxyl groups is 1. The number of aromatic nitrogens is 1. The van der Waals surface area contributed by atoms with Crippen LogP contribution in [-0.2, 0) is 6.61 Å².